The molecule has 1 saturated heterocycles. The highest BCUT2D eigenvalue weighted by molar-refractivity contribution is 6.00. The molecule has 1 N–H and O–H groups in total. The maximum atomic E-state index is 12.8. The fourth-order valence-electron chi connectivity index (χ4n) is 3.06. The van der Waals surface area contributed by atoms with Gasteiger partial charge < -0.3 is 10.2 Å². The van der Waals surface area contributed by atoms with Crippen molar-refractivity contribution in [3.05, 3.63) is 12.7 Å². The first-order valence-electron chi connectivity index (χ1n) is 6.96. The normalized spacial score (nSPS) is 32.2. The first kappa shape index (κ1) is 14.1. The number of amides is 2. The number of hydrogen-bond acceptors (Lipinski definition) is 2. The molecule has 0 radical (unpaired) electrons. The van der Waals surface area contributed by atoms with Crippen molar-refractivity contribution in [1.29, 1.82) is 0 Å². The van der Waals surface area contributed by atoms with Crippen molar-refractivity contribution in [3.8, 4) is 0 Å². The van der Waals surface area contributed by atoms with Crippen LogP contribution in [0.1, 0.15) is 40.5 Å². The summed E-state index contributed by atoms with van der Waals surface area (Å²) in [5.41, 5.74) is -1.00. The molecule has 2 rings (SSSR count). The van der Waals surface area contributed by atoms with Crippen molar-refractivity contribution >= 4 is 11.8 Å². The van der Waals surface area contributed by atoms with Gasteiger partial charge in [-0.25, -0.2) is 0 Å². The van der Waals surface area contributed by atoms with Gasteiger partial charge in [0.25, 0.3) is 0 Å². The van der Waals surface area contributed by atoms with E-state index in [-0.39, 0.29) is 23.1 Å². The number of nitrogens with zero attached hydrogens (tertiary/aromatic N) is 1. The van der Waals surface area contributed by atoms with Crippen LogP contribution in [-0.2, 0) is 9.59 Å². The Morgan fingerprint density at radius 3 is 2.42 bits per heavy atom. The van der Waals surface area contributed by atoms with Crippen molar-refractivity contribution in [2.45, 2.75) is 52.1 Å². The molecule has 106 valence electrons. The fourth-order valence-corrected chi connectivity index (χ4v) is 3.06. The molecule has 4 nitrogen and oxygen atoms in total. The predicted molar refractivity (Wildman–Crippen MR) is 74.4 cm³/mol. The van der Waals surface area contributed by atoms with Crippen LogP contribution in [0.15, 0.2) is 12.7 Å². The first-order chi connectivity index (χ1) is 8.71. The molecule has 1 heterocycles. The van der Waals surface area contributed by atoms with Crippen molar-refractivity contribution in [2.24, 2.45) is 11.3 Å². The lowest BCUT2D eigenvalue weighted by Gasteiger charge is -2.48. The lowest BCUT2D eigenvalue weighted by atomic mass is 9.79. The standard InChI is InChI=1S/C15H24N2O2/c1-6-9-17-11(14(2,3)4)12(18)16-15(5,13(17)19)10-7-8-10/h6,10-11H,1,7-9H2,2-5H3,(H,16,18). The lowest BCUT2D eigenvalue weighted by Crippen LogP contribution is -2.72. The van der Waals surface area contributed by atoms with E-state index >= 15 is 0 Å². The van der Waals surface area contributed by atoms with E-state index in [0.717, 1.165) is 12.8 Å². The molecular formula is C15H24N2O2. The molecule has 2 fully saturated rings. The second-order valence-electron chi connectivity index (χ2n) is 6.98. The van der Waals surface area contributed by atoms with Gasteiger partial charge >= 0.3 is 0 Å². The molecule has 1 aliphatic heterocycles. The van der Waals surface area contributed by atoms with Gasteiger partial charge in [0.05, 0.1) is 0 Å². The largest absolute Gasteiger partial charge is 0.340 e. The smallest absolute Gasteiger partial charge is 0.249 e. The maximum absolute atomic E-state index is 12.8. The molecule has 0 bridgehead atoms. The van der Waals surface area contributed by atoms with Gasteiger partial charge in [0.2, 0.25) is 11.8 Å². The molecule has 2 unspecified atom stereocenters. The molecule has 2 aliphatic rings. The fraction of sp³-hybridized carbons (Fsp3) is 0.733. The summed E-state index contributed by atoms with van der Waals surface area (Å²) in [7, 11) is 0. The zero-order chi connectivity index (χ0) is 14.4. The molecule has 0 aromatic rings. The molecule has 0 aromatic heterocycles. The Morgan fingerprint density at radius 2 is 2.00 bits per heavy atom. The highest BCUT2D eigenvalue weighted by Gasteiger charge is 2.56. The monoisotopic (exact) mass is 264 g/mol. The Hall–Kier alpha value is -1.32. The Balaban J connectivity index is 2.37. The quantitative estimate of drug-likeness (QED) is 0.789. The number of hydrogen-bond donors (Lipinski definition) is 1. The van der Waals surface area contributed by atoms with Gasteiger partial charge in [-0.15, -0.1) is 6.58 Å². The van der Waals surface area contributed by atoms with Gasteiger partial charge in [0, 0.05) is 6.54 Å². The minimum absolute atomic E-state index is 0.0365. The van der Waals surface area contributed by atoms with E-state index in [1.54, 1.807) is 11.0 Å². The van der Waals surface area contributed by atoms with E-state index < -0.39 is 11.6 Å². The second-order valence-corrected chi connectivity index (χ2v) is 6.98. The first-order valence-corrected chi connectivity index (χ1v) is 6.96. The van der Waals surface area contributed by atoms with Crippen LogP contribution in [0.25, 0.3) is 0 Å². The maximum Gasteiger partial charge on any atom is 0.249 e. The number of nitrogens with one attached hydrogen (secondary N) is 1. The highest BCUT2D eigenvalue weighted by atomic mass is 16.2. The van der Waals surface area contributed by atoms with Gasteiger partial charge in [-0.1, -0.05) is 26.8 Å². The Labute approximate surface area is 115 Å². The molecule has 0 aromatic carbocycles. The Kier molecular flexibility index (Phi) is 3.23. The van der Waals surface area contributed by atoms with Crippen molar-refractivity contribution in [1.82, 2.24) is 10.2 Å². The Bertz CT molecular complexity index is 420. The van der Waals surface area contributed by atoms with Gasteiger partial charge in [-0.05, 0) is 31.1 Å². The summed E-state index contributed by atoms with van der Waals surface area (Å²) in [6.07, 6.45) is 3.73. The average molecular weight is 264 g/mol. The average Bonchev–Trinajstić information content (AvgIpc) is 3.07. The third-order valence-corrected chi connectivity index (χ3v) is 4.19. The van der Waals surface area contributed by atoms with Crippen molar-refractivity contribution in [3.63, 3.8) is 0 Å². The Morgan fingerprint density at radius 1 is 1.42 bits per heavy atom. The third kappa shape index (κ3) is 2.28. The van der Waals surface area contributed by atoms with Gasteiger partial charge in [0.1, 0.15) is 11.6 Å². The lowest BCUT2D eigenvalue weighted by molar-refractivity contribution is -0.159. The molecule has 2 amide bonds. The van der Waals surface area contributed by atoms with E-state index in [4.69, 9.17) is 0 Å². The number of piperazine rings is 1. The van der Waals surface area contributed by atoms with Crippen molar-refractivity contribution in [2.75, 3.05) is 6.54 Å². The molecule has 0 spiro atoms. The van der Waals surface area contributed by atoms with E-state index in [9.17, 15) is 9.59 Å². The minimum atomic E-state index is -0.720. The number of carbonyl (C=O) groups is 2. The zero-order valence-corrected chi connectivity index (χ0v) is 12.3. The van der Waals surface area contributed by atoms with Crippen LogP contribution < -0.4 is 5.32 Å². The van der Waals surface area contributed by atoms with E-state index in [2.05, 4.69) is 11.9 Å². The molecule has 2 atom stereocenters. The third-order valence-electron chi connectivity index (χ3n) is 4.19. The van der Waals surface area contributed by atoms with Crippen LogP contribution >= 0.6 is 0 Å². The van der Waals surface area contributed by atoms with Crippen LogP contribution in [0.2, 0.25) is 0 Å². The van der Waals surface area contributed by atoms with Crippen molar-refractivity contribution < 1.29 is 9.59 Å². The van der Waals surface area contributed by atoms with Crippen LogP contribution in [-0.4, -0.2) is 34.8 Å². The summed E-state index contributed by atoms with van der Waals surface area (Å²) in [5, 5.41) is 2.99. The summed E-state index contributed by atoms with van der Waals surface area (Å²) in [6, 6.07) is -0.426. The van der Waals surface area contributed by atoms with Crippen LogP contribution in [0.4, 0.5) is 0 Å². The molecule has 1 saturated carbocycles. The number of rotatable bonds is 3. The number of carbonyl (C=O) groups excluding carboxylic acids is 2. The van der Waals surface area contributed by atoms with E-state index in [1.165, 1.54) is 0 Å². The molecule has 19 heavy (non-hydrogen) atoms. The van der Waals surface area contributed by atoms with Crippen LogP contribution in [0.3, 0.4) is 0 Å². The second kappa shape index (κ2) is 4.36. The molecule has 1 aliphatic carbocycles. The van der Waals surface area contributed by atoms with Gasteiger partial charge in [-0.2, -0.15) is 0 Å². The minimum Gasteiger partial charge on any atom is -0.340 e. The summed E-state index contributed by atoms with van der Waals surface area (Å²) < 4.78 is 0. The summed E-state index contributed by atoms with van der Waals surface area (Å²) >= 11 is 0. The van der Waals surface area contributed by atoms with Crippen LogP contribution in [0, 0.1) is 11.3 Å². The van der Waals surface area contributed by atoms with Gasteiger partial charge in [-0.3, -0.25) is 9.59 Å². The van der Waals surface area contributed by atoms with Gasteiger partial charge in [0.15, 0.2) is 0 Å². The summed E-state index contributed by atoms with van der Waals surface area (Å²) in [4.78, 5) is 27.0. The molecule has 4 heteroatoms. The summed E-state index contributed by atoms with van der Waals surface area (Å²) in [6.45, 7) is 12.0. The van der Waals surface area contributed by atoms with E-state index in [0.29, 0.717) is 6.54 Å². The SMILES string of the molecule is C=CCN1C(=O)C(C)(C2CC2)NC(=O)C1C(C)(C)C. The van der Waals surface area contributed by atoms with E-state index in [1.807, 2.05) is 27.7 Å². The topological polar surface area (TPSA) is 49.4 Å². The summed E-state index contributed by atoms with van der Waals surface area (Å²) in [5.74, 6) is 0.287. The zero-order valence-electron chi connectivity index (χ0n) is 12.3. The molecular weight excluding hydrogens is 240 g/mol. The predicted octanol–water partition coefficient (Wildman–Crippen LogP) is 1.71. The highest BCUT2D eigenvalue weighted by Crippen LogP contribution is 2.43. The van der Waals surface area contributed by atoms with Crippen LogP contribution in [0.5, 0.6) is 0 Å².